The van der Waals surface area contributed by atoms with Crippen LogP contribution in [0.2, 0.25) is 0 Å². The maximum atomic E-state index is 14.3. The van der Waals surface area contributed by atoms with Crippen molar-refractivity contribution in [2.45, 2.75) is 13.3 Å². The van der Waals surface area contributed by atoms with Crippen LogP contribution in [0.1, 0.15) is 16.1 Å². The third kappa shape index (κ3) is 5.16. The highest BCUT2D eigenvalue weighted by Gasteiger charge is 2.33. The van der Waals surface area contributed by atoms with Crippen molar-refractivity contribution in [3.8, 4) is 17.2 Å². The topological polar surface area (TPSA) is 86.5 Å². The molecule has 0 spiro atoms. The van der Waals surface area contributed by atoms with Crippen LogP contribution in [0.3, 0.4) is 0 Å². The predicted octanol–water partition coefficient (Wildman–Crippen LogP) is 5.05. The van der Waals surface area contributed by atoms with E-state index < -0.39 is 29.6 Å². The zero-order valence-corrected chi connectivity index (χ0v) is 15.5. The van der Waals surface area contributed by atoms with Crippen LogP contribution >= 0.6 is 0 Å². The molecule has 0 fully saturated rings. The molecule has 0 aliphatic heterocycles. The van der Waals surface area contributed by atoms with E-state index >= 15 is 0 Å². The molecule has 3 rings (SSSR count). The molecule has 0 aliphatic rings. The maximum absolute atomic E-state index is 14.3. The molecule has 2 aromatic carbocycles. The van der Waals surface area contributed by atoms with E-state index in [0.717, 1.165) is 18.2 Å². The standard InChI is InChI=1S/C20H15F4N3O3/c1-11-8-9-14(18(25)26-11)19(28)27-12-4-2-5-13(10-12)29-15-6-3-7-16(17(15)21)30-20(22,23)24/h2-10H,1H3,(H2,25,26)(H,27,28). The highest BCUT2D eigenvalue weighted by Crippen LogP contribution is 2.34. The predicted molar refractivity (Wildman–Crippen MR) is 101 cm³/mol. The maximum Gasteiger partial charge on any atom is 0.573 e. The van der Waals surface area contributed by atoms with Gasteiger partial charge in [0.1, 0.15) is 11.6 Å². The number of ether oxygens (including phenoxy) is 2. The van der Waals surface area contributed by atoms with Crippen LogP contribution in [-0.4, -0.2) is 17.3 Å². The van der Waals surface area contributed by atoms with E-state index in [2.05, 4.69) is 15.0 Å². The van der Waals surface area contributed by atoms with Gasteiger partial charge in [-0.25, -0.2) is 4.98 Å². The molecule has 156 valence electrons. The van der Waals surface area contributed by atoms with Crippen molar-refractivity contribution in [1.82, 2.24) is 4.98 Å². The number of alkyl halides is 3. The monoisotopic (exact) mass is 421 g/mol. The van der Waals surface area contributed by atoms with Crippen LogP contribution in [0, 0.1) is 12.7 Å². The Balaban J connectivity index is 1.78. The van der Waals surface area contributed by atoms with E-state index in [0.29, 0.717) is 11.4 Å². The molecule has 0 bridgehead atoms. The molecule has 0 saturated carbocycles. The summed E-state index contributed by atoms with van der Waals surface area (Å²) in [4.78, 5) is 16.4. The molecular formula is C20H15F4N3O3. The van der Waals surface area contributed by atoms with Crippen LogP contribution in [0.25, 0.3) is 0 Å². The number of nitrogens with one attached hydrogen (secondary N) is 1. The molecule has 30 heavy (non-hydrogen) atoms. The minimum atomic E-state index is -5.05. The second-order valence-electron chi connectivity index (χ2n) is 6.09. The number of nitrogens with zero attached hydrogens (tertiary/aromatic N) is 1. The normalized spacial score (nSPS) is 11.1. The van der Waals surface area contributed by atoms with Gasteiger partial charge in [-0.05, 0) is 43.3 Å². The Bertz CT molecular complexity index is 1090. The van der Waals surface area contributed by atoms with E-state index in [1.54, 1.807) is 19.1 Å². The lowest BCUT2D eigenvalue weighted by atomic mass is 10.2. The number of carbonyl (C=O) groups excluding carboxylic acids is 1. The molecule has 0 unspecified atom stereocenters. The fourth-order valence-electron chi connectivity index (χ4n) is 2.50. The number of anilines is 2. The van der Waals surface area contributed by atoms with E-state index in [1.165, 1.54) is 24.3 Å². The first-order valence-electron chi connectivity index (χ1n) is 8.49. The van der Waals surface area contributed by atoms with Gasteiger partial charge in [0.2, 0.25) is 5.82 Å². The van der Waals surface area contributed by atoms with E-state index in [9.17, 15) is 22.4 Å². The molecule has 1 amide bonds. The van der Waals surface area contributed by atoms with Crippen molar-refractivity contribution in [2.24, 2.45) is 0 Å². The van der Waals surface area contributed by atoms with Gasteiger partial charge in [-0.3, -0.25) is 4.79 Å². The fraction of sp³-hybridized carbons (Fsp3) is 0.100. The molecule has 1 aromatic heterocycles. The average Bonchev–Trinajstić information content (AvgIpc) is 2.64. The van der Waals surface area contributed by atoms with Gasteiger partial charge in [0, 0.05) is 17.4 Å². The van der Waals surface area contributed by atoms with E-state index in [4.69, 9.17) is 10.5 Å². The minimum Gasteiger partial charge on any atom is -0.454 e. The molecule has 1 heterocycles. The lowest BCUT2D eigenvalue weighted by Crippen LogP contribution is -2.18. The van der Waals surface area contributed by atoms with Crippen molar-refractivity contribution in [1.29, 1.82) is 0 Å². The number of hydrogen-bond donors (Lipinski definition) is 2. The Morgan fingerprint density at radius 2 is 1.77 bits per heavy atom. The summed E-state index contributed by atoms with van der Waals surface area (Å²) in [6.07, 6.45) is -5.05. The number of amides is 1. The zero-order chi connectivity index (χ0) is 21.9. The number of benzene rings is 2. The third-order valence-electron chi connectivity index (χ3n) is 3.78. The first-order valence-corrected chi connectivity index (χ1v) is 8.49. The van der Waals surface area contributed by atoms with Gasteiger partial charge in [0.05, 0.1) is 5.56 Å². The summed E-state index contributed by atoms with van der Waals surface area (Å²) >= 11 is 0. The summed E-state index contributed by atoms with van der Waals surface area (Å²) in [5.41, 5.74) is 6.86. The lowest BCUT2D eigenvalue weighted by molar-refractivity contribution is -0.275. The van der Waals surface area contributed by atoms with Crippen LogP contribution in [0.15, 0.2) is 54.6 Å². The zero-order valence-electron chi connectivity index (χ0n) is 15.5. The van der Waals surface area contributed by atoms with Gasteiger partial charge < -0.3 is 20.5 Å². The van der Waals surface area contributed by atoms with Crippen molar-refractivity contribution in [3.63, 3.8) is 0 Å². The summed E-state index contributed by atoms with van der Waals surface area (Å²) < 4.78 is 60.3. The molecule has 10 heteroatoms. The molecule has 3 N–H and O–H groups in total. The Hall–Kier alpha value is -3.82. The number of aromatic nitrogens is 1. The summed E-state index contributed by atoms with van der Waals surface area (Å²) in [6, 6.07) is 12.1. The van der Waals surface area contributed by atoms with Crippen LogP contribution < -0.4 is 20.5 Å². The molecule has 0 aliphatic carbocycles. The van der Waals surface area contributed by atoms with Gasteiger partial charge in [-0.2, -0.15) is 4.39 Å². The highest BCUT2D eigenvalue weighted by atomic mass is 19.4. The van der Waals surface area contributed by atoms with Gasteiger partial charge in [-0.15, -0.1) is 13.2 Å². The smallest absolute Gasteiger partial charge is 0.454 e. The van der Waals surface area contributed by atoms with Gasteiger partial charge in [0.25, 0.3) is 5.91 Å². The van der Waals surface area contributed by atoms with Gasteiger partial charge >= 0.3 is 6.36 Å². The highest BCUT2D eigenvalue weighted by molar-refractivity contribution is 6.07. The molecular weight excluding hydrogens is 406 g/mol. The fourth-order valence-corrected chi connectivity index (χ4v) is 2.50. The van der Waals surface area contributed by atoms with E-state index in [1.807, 2.05) is 0 Å². The van der Waals surface area contributed by atoms with Crippen LogP contribution in [0.5, 0.6) is 17.2 Å². The first-order chi connectivity index (χ1) is 14.1. The number of pyridine rings is 1. The molecule has 0 atom stereocenters. The Labute approximate surface area is 168 Å². The molecule has 6 nitrogen and oxygen atoms in total. The average molecular weight is 421 g/mol. The van der Waals surface area contributed by atoms with Crippen molar-refractivity contribution < 1.29 is 31.8 Å². The van der Waals surface area contributed by atoms with Crippen LogP contribution in [0.4, 0.5) is 29.1 Å². The molecule has 3 aromatic rings. The first kappa shape index (κ1) is 20.9. The summed E-state index contributed by atoms with van der Waals surface area (Å²) in [7, 11) is 0. The number of hydrogen-bond acceptors (Lipinski definition) is 5. The minimum absolute atomic E-state index is 0.0588. The number of nitrogen functional groups attached to an aromatic ring is 1. The summed E-state index contributed by atoms with van der Waals surface area (Å²) in [6.45, 7) is 1.73. The van der Waals surface area contributed by atoms with Crippen molar-refractivity contribution >= 4 is 17.4 Å². The molecule has 0 radical (unpaired) electrons. The lowest BCUT2D eigenvalue weighted by Gasteiger charge is -2.13. The second-order valence-corrected chi connectivity index (χ2v) is 6.09. The Morgan fingerprint density at radius 1 is 1.07 bits per heavy atom. The van der Waals surface area contributed by atoms with Crippen LogP contribution in [-0.2, 0) is 0 Å². The summed E-state index contributed by atoms with van der Waals surface area (Å²) in [5, 5.41) is 2.60. The number of aryl methyl sites for hydroxylation is 1. The van der Waals surface area contributed by atoms with Crippen molar-refractivity contribution in [2.75, 3.05) is 11.1 Å². The Kier molecular flexibility index (Phi) is 5.77. The summed E-state index contributed by atoms with van der Waals surface area (Å²) in [5.74, 6) is -3.21. The third-order valence-corrected chi connectivity index (χ3v) is 3.78. The number of nitrogens with two attached hydrogens (primary N) is 1. The van der Waals surface area contributed by atoms with Gasteiger partial charge in [-0.1, -0.05) is 12.1 Å². The Morgan fingerprint density at radius 3 is 2.47 bits per heavy atom. The molecule has 0 saturated heterocycles. The van der Waals surface area contributed by atoms with E-state index in [-0.39, 0.29) is 17.1 Å². The van der Waals surface area contributed by atoms with Gasteiger partial charge in [0.15, 0.2) is 11.5 Å². The van der Waals surface area contributed by atoms with Crippen molar-refractivity contribution in [3.05, 3.63) is 71.7 Å². The number of halogens is 4. The number of carbonyl (C=O) groups is 1. The number of rotatable bonds is 5. The second kappa shape index (κ2) is 8.27. The largest absolute Gasteiger partial charge is 0.573 e. The SMILES string of the molecule is Cc1ccc(C(=O)Nc2cccc(Oc3cccc(OC(F)(F)F)c3F)c2)c(N)n1. The quantitative estimate of drug-likeness (QED) is 0.563.